The monoisotopic (exact) mass is 619 g/mol. The number of allylic oxidation sites excluding steroid dienone is 1. The second-order valence-electron chi connectivity index (χ2n) is 10.9. The fourth-order valence-corrected chi connectivity index (χ4v) is 4.41. The fraction of sp³-hybridized carbons (Fsp3) is 0.367. The third-order valence-electron chi connectivity index (χ3n) is 6.34. The number of nitrogens with zero attached hydrogens (tertiary/aromatic N) is 6. The maximum Gasteiger partial charge on any atom is 0.352 e. The van der Waals surface area contributed by atoms with Gasteiger partial charge in [-0.15, -0.1) is 0 Å². The van der Waals surface area contributed by atoms with Crippen molar-refractivity contribution in [2.45, 2.75) is 46.1 Å². The highest BCUT2D eigenvalue weighted by atomic mass is 16.6. The number of rotatable bonds is 10. The molecule has 2 aliphatic rings. The molecule has 15 heteroatoms. The van der Waals surface area contributed by atoms with Crippen LogP contribution in [0.5, 0.6) is 11.5 Å². The van der Waals surface area contributed by atoms with Gasteiger partial charge >= 0.3 is 17.6 Å². The second kappa shape index (κ2) is 13.4. The van der Waals surface area contributed by atoms with Crippen molar-refractivity contribution in [2.24, 2.45) is 15.8 Å². The molecule has 0 bridgehead atoms. The largest absolute Gasteiger partial charge is 0.466 e. The summed E-state index contributed by atoms with van der Waals surface area (Å²) >= 11 is 0. The van der Waals surface area contributed by atoms with Crippen molar-refractivity contribution in [2.75, 3.05) is 26.7 Å². The molecule has 0 aromatic heterocycles. The summed E-state index contributed by atoms with van der Waals surface area (Å²) in [4.78, 5) is 47.9. The van der Waals surface area contributed by atoms with Gasteiger partial charge in [0.15, 0.2) is 0 Å². The zero-order valence-corrected chi connectivity index (χ0v) is 25.5. The minimum Gasteiger partial charge on any atom is -0.466 e. The summed E-state index contributed by atoms with van der Waals surface area (Å²) in [5.74, 6) is 4.96. The topological polar surface area (TPSA) is 195 Å². The first kappa shape index (κ1) is 32.4. The molecular weight excluding hydrogens is 586 g/mol. The van der Waals surface area contributed by atoms with Gasteiger partial charge in [0.2, 0.25) is 0 Å². The minimum atomic E-state index is -1.46. The van der Waals surface area contributed by atoms with Crippen LogP contribution in [0, 0.1) is 21.4 Å². The van der Waals surface area contributed by atoms with E-state index in [1.54, 1.807) is 45.9 Å². The molecule has 0 saturated heterocycles. The number of esters is 2. The van der Waals surface area contributed by atoms with Gasteiger partial charge in [-0.2, -0.15) is 5.26 Å². The van der Waals surface area contributed by atoms with Gasteiger partial charge in [-0.3, -0.25) is 19.9 Å². The van der Waals surface area contributed by atoms with Crippen LogP contribution >= 0.6 is 0 Å². The maximum absolute atomic E-state index is 13.1. The molecule has 1 unspecified atom stereocenters. The van der Waals surface area contributed by atoms with E-state index in [0.29, 0.717) is 12.3 Å². The van der Waals surface area contributed by atoms with Crippen LogP contribution in [0.4, 0.5) is 0 Å². The number of amidine groups is 1. The Bertz CT molecular complexity index is 1640. The summed E-state index contributed by atoms with van der Waals surface area (Å²) in [5, 5.41) is 22.7. The highest BCUT2D eigenvalue weighted by molar-refractivity contribution is 6.08. The van der Waals surface area contributed by atoms with Crippen LogP contribution in [-0.2, 0) is 14.3 Å². The molecule has 0 amide bonds. The van der Waals surface area contributed by atoms with Crippen LogP contribution < -0.4 is 15.3 Å². The van der Waals surface area contributed by atoms with Gasteiger partial charge in [-0.25, -0.2) is 20.6 Å². The van der Waals surface area contributed by atoms with Gasteiger partial charge in [-0.1, -0.05) is 12.1 Å². The van der Waals surface area contributed by atoms with Gasteiger partial charge in [-0.05, 0) is 58.0 Å². The van der Waals surface area contributed by atoms with Crippen molar-refractivity contribution < 1.29 is 33.5 Å². The number of likely N-dealkylation sites (N-methyl/N-ethyl adjacent to an activating group) is 1. The Labute approximate surface area is 259 Å². The van der Waals surface area contributed by atoms with Crippen LogP contribution in [0.25, 0.3) is 0 Å². The second-order valence-corrected chi connectivity index (χ2v) is 10.9. The average Bonchev–Trinajstić information content (AvgIpc) is 3.40. The molecule has 1 atom stereocenters. The number of aliphatic imine (C=N–C) groups is 2. The summed E-state index contributed by atoms with van der Waals surface area (Å²) in [6, 6.07) is 12.8. The lowest BCUT2D eigenvalue weighted by Gasteiger charge is -2.31. The van der Waals surface area contributed by atoms with Gasteiger partial charge < -0.3 is 23.8 Å². The zero-order valence-electron chi connectivity index (χ0n) is 25.5. The van der Waals surface area contributed by atoms with Crippen molar-refractivity contribution in [1.82, 2.24) is 9.91 Å². The van der Waals surface area contributed by atoms with E-state index in [2.05, 4.69) is 9.98 Å². The van der Waals surface area contributed by atoms with E-state index in [-0.39, 0.29) is 29.2 Å². The smallest absolute Gasteiger partial charge is 0.352 e. The maximum atomic E-state index is 13.1. The quantitative estimate of drug-likeness (QED) is 0.177. The highest BCUT2D eigenvalue weighted by Gasteiger charge is 2.41. The molecule has 2 aromatic rings. The predicted octanol–water partition coefficient (Wildman–Crippen LogP) is 2.98. The van der Waals surface area contributed by atoms with Crippen LogP contribution in [0.3, 0.4) is 0 Å². The van der Waals surface area contributed by atoms with Crippen molar-refractivity contribution in [1.29, 1.82) is 5.26 Å². The van der Waals surface area contributed by atoms with Crippen molar-refractivity contribution in [3.8, 4) is 17.6 Å². The van der Waals surface area contributed by atoms with Crippen LogP contribution in [0.1, 0.15) is 55.6 Å². The highest BCUT2D eigenvalue weighted by Crippen LogP contribution is 2.31. The van der Waals surface area contributed by atoms with Crippen LogP contribution in [-0.4, -0.2) is 77.0 Å². The number of ether oxygens (including phenoxy) is 4. The lowest BCUT2D eigenvalue weighted by atomic mass is 10.1. The lowest BCUT2D eigenvalue weighted by Crippen LogP contribution is -2.49. The van der Waals surface area contributed by atoms with Gasteiger partial charge in [0.05, 0.1) is 36.1 Å². The number of hydrazine groups is 1. The van der Waals surface area contributed by atoms with E-state index in [1.165, 1.54) is 18.2 Å². The van der Waals surface area contributed by atoms with E-state index < -0.39 is 46.8 Å². The molecule has 0 spiro atoms. The normalized spacial score (nSPS) is 16.4. The molecule has 2 aromatic carbocycles. The molecule has 0 radical (unpaired) electrons. The SMILES string of the molecule is CCOC(=O)CC1=NC(Oc2cccc(C3=NCCN3C)c2)N(N)C(Oc2cc(C#N)ccc2C(=O)OC(C)(C)C)=C1[N+](=O)[O-]. The first-order chi connectivity index (χ1) is 21.3. The summed E-state index contributed by atoms with van der Waals surface area (Å²) < 4.78 is 22.5. The molecular formula is C30H33N7O8. The first-order valence-corrected chi connectivity index (χ1v) is 13.9. The number of nitro groups is 1. The Morgan fingerprint density at radius 1 is 1.22 bits per heavy atom. The summed E-state index contributed by atoms with van der Waals surface area (Å²) in [7, 11) is 1.91. The first-order valence-electron chi connectivity index (χ1n) is 13.9. The third kappa shape index (κ3) is 7.73. The Morgan fingerprint density at radius 3 is 2.60 bits per heavy atom. The molecule has 0 fully saturated rings. The van der Waals surface area contributed by atoms with Crippen LogP contribution in [0.15, 0.2) is 64.0 Å². The van der Waals surface area contributed by atoms with Gasteiger partial charge in [0.1, 0.15) is 34.2 Å². The van der Waals surface area contributed by atoms with Gasteiger partial charge in [0.25, 0.3) is 12.2 Å². The molecule has 236 valence electrons. The molecule has 45 heavy (non-hydrogen) atoms. The zero-order chi connectivity index (χ0) is 32.9. The lowest BCUT2D eigenvalue weighted by molar-refractivity contribution is -0.420. The van der Waals surface area contributed by atoms with E-state index in [9.17, 15) is 25.0 Å². The number of hydrogen-bond donors (Lipinski definition) is 1. The van der Waals surface area contributed by atoms with E-state index in [4.69, 9.17) is 24.8 Å². The Balaban J connectivity index is 1.79. The average molecular weight is 620 g/mol. The number of carbonyl (C=O) groups is 2. The molecule has 15 nitrogen and oxygen atoms in total. The molecule has 0 aliphatic carbocycles. The minimum absolute atomic E-state index is 0.0290. The molecule has 2 aliphatic heterocycles. The van der Waals surface area contributed by atoms with Crippen molar-refractivity contribution in [3.05, 3.63) is 80.8 Å². The van der Waals surface area contributed by atoms with E-state index in [1.807, 2.05) is 24.1 Å². The molecule has 2 heterocycles. The Kier molecular flexibility index (Phi) is 9.68. The Hall–Kier alpha value is -5.49. The standard InChI is InChI=1S/C30H33N7O8/c1-6-42-24(38)16-22-25(37(40)41)27(44-23-14-18(17-31)10-11-21(23)28(39)45-30(2,3)4)36(32)29(34-22)43-20-9-7-8-19(15-20)26-33-12-13-35(26)5/h7-11,14-15,29H,6,12-13,16,32H2,1-5H3. The fourth-order valence-electron chi connectivity index (χ4n) is 4.41. The number of nitrogens with two attached hydrogens (primary N) is 1. The molecule has 4 rings (SSSR count). The number of benzene rings is 2. The predicted molar refractivity (Wildman–Crippen MR) is 161 cm³/mol. The Morgan fingerprint density at radius 2 is 1.98 bits per heavy atom. The number of hydrogen-bond acceptors (Lipinski definition) is 14. The van der Waals surface area contributed by atoms with Crippen molar-refractivity contribution in [3.63, 3.8) is 0 Å². The summed E-state index contributed by atoms with van der Waals surface area (Å²) in [5.41, 5.74) is -1.27. The summed E-state index contributed by atoms with van der Waals surface area (Å²) in [6.45, 7) is 8.01. The molecule has 2 N–H and O–H groups in total. The molecule has 0 saturated carbocycles. The van der Waals surface area contributed by atoms with E-state index >= 15 is 0 Å². The summed E-state index contributed by atoms with van der Waals surface area (Å²) in [6.07, 6.45) is -2.07. The van der Waals surface area contributed by atoms with Crippen molar-refractivity contribution >= 4 is 23.5 Å². The number of carbonyl (C=O) groups excluding carboxylic acids is 2. The van der Waals surface area contributed by atoms with E-state index in [0.717, 1.165) is 23.0 Å². The van der Waals surface area contributed by atoms with Crippen LogP contribution in [0.2, 0.25) is 0 Å². The van der Waals surface area contributed by atoms with Gasteiger partial charge in [0, 0.05) is 19.2 Å². The third-order valence-corrected chi connectivity index (χ3v) is 6.34. The number of nitriles is 1.